The van der Waals surface area contributed by atoms with Crippen molar-refractivity contribution in [3.63, 3.8) is 0 Å². The summed E-state index contributed by atoms with van der Waals surface area (Å²) in [7, 11) is 0. The van der Waals surface area contributed by atoms with E-state index in [-0.39, 0.29) is 11.9 Å². The van der Waals surface area contributed by atoms with Crippen LogP contribution < -0.4 is 11.1 Å². The lowest BCUT2D eigenvalue weighted by molar-refractivity contribution is -0.125. The number of carbonyl (C=O) groups excluding carboxylic acids is 1. The lowest BCUT2D eigenvalue weighted by Gasteiger charge is -2.34. The number of hydrogen-bond acceptors (Lipinski definition) is 3. The Labute approximate surface area is 111 Å². The maximum atomic E-state index is 11.9. The van der Waals surface area contributed by atoms with Crippen LogP contribution in [0.1, 0.15) is 46.5 Å². The Balaban J connectivity index is 2.17. The maximum absolute atomic E-state index is 11.9. The molecule has 0 heterocycles. The van der Waals surface area contributed by atoms with Gasteiger partial charge in [-0.15, -0.1) is 0 Å². The molecule has 0 radical (unpaired) electrons. The Bertz CT molecular complexity index is 250. The smallest absolute Gasteiger partial charge is 0.220 e. The first kappa shape index (κ1) is 15.4. The lowest BCUT2D eigenvalue weighted by Crippen LogP contribution is -2.43. The van der Waals surface area contributed by atoms with E-state index in [4.69, 9.17) is 10.5 Å². The van der Waals surface area contributed by atoms with Gasteiger partial charge in [-0.3, -0.25) is 4.79 Å². The second kappa shape index (κ2) is 7.74. The Kier molecular flexibility index (Phi) is 6.65. The zero-order valence-corrected chi connectivity index (χ0v) is 11.9. The fourth-order valence-corrected chi connectivity index (χ4v) is 2.54. The molecule has 4 nitrogen and oxygen atoms in total. The van der Waals surface area contributed by atoms with E-state index in [1.54, 1.807) is 0 Å². The molecule has 0 aromatic heterocycles. The predicted molar refractivity (Wildman–Crippen MR) is 73.2 cm³/mol. The highest BCUT2D eigenvalue weighted by Crippen LogP contribution is 2.32. The Hall–Kier alpha value is -0.610. The number of rotatable bonds is 8. The monoisotopic (exact) mass is 256 g/mol. The van der Waals surface area contributed by atoms with E-state index in [0.29, 0.717) is 30.9 Å². The summed E-state index contributed by atoms with van der Waals surface area (Å²) in [5, 5.41) is 3.04. The predicted octanol–water partition coefficient (Wildman–Crippen LogP) is 1.68. The van der Waals surface area contributed by atoms with Crippen LogP contribution in [-0.2, 0) is 9.53 Å². The standard InChI is InChI=1S/C14H28N2O2/c1-4-18-13-6-11(7-13)8-14(17)16-12(9-15)5-10(2)3/h10-13H,4-9,15H2,1-3H3,(H,16,17). The number of carbonyl (C=O) groups is 1. The Morgan fingerprint density at radius 3 is 2.61 bits per heavy atom. The number of nitrogens with one attached hydrogen (secondary N) is 1. The molecule has 1 atom stereocenters. The van der Waals surface area contributed by atoms with Gasteiger partial charge in [0.1, 0.15) is 0 Å². The van der Waals surface area contributed by atoms with Crippen molar-refractivity contribution < 1.29 is 9.53 Å². The van der Waals surface area contributed by atoms with Gasteiger partial charge in [0.15, 0.2) is 0 Å². The topological polar surface area (TPSA) is 64.3 Å². The molecule has 0 aromatic carbocycles. The van der Waals surface area contributed by atoms with E-state index in [2.05, 4.69) is 19.2 Å². The molecule has 1 aliphatic carbocycles. The first-order valence-corrected chi connectivity index (χ1v) is 7.16. The lowest BCUT2D eigenvalue weighted by atomic mass is 9.80. The molecule has 106 valence electrons. The van der Waals surface area contributed by atoms with Gasteiger partial charge in [0, 0.05) is 25.6 Å². The molecule has 3 N–H and O–H groups in total. The van der Waals surface area contributed by atoms with Crippen molar-refractivity contribution in [1.82, 2.24) is 5.32 Å². The highest BCUT2D eigenvalue weighted by atomic mass is 16.5. The molecule has 1 fully saturated rings. The zero-order chi connectivity index (χ0) is 13.5. The average molecular weight is 256 g/mol. The molecule has 0 spiro atoms. The first-order chi connectivity index (χ1) is 8.55. The summed E-state index contributed by atoms with van der Waals surface area (Å²) >= 11 is 0. The van der Waals surface area contributed by atoms with Gasteiger partial charge in [0.2, 0.25) is 5.91 Å². The van der Waals surface area contributed by atoms with Gasteiger partial charge in [0.05, 0.1) is 6.10 Å². The summed E-state index contributed by atoms with van der Waals surface area (Å²) in [6.07, 6.45) is 4.01. The van der Waals surface area contributed by atoms with Crippen LogP contribution in [0, 0.1) is 11.8 Å². The molecule has 1 unspecified atom stereocenters. The summed E-state index contributed by atoms with van der Waals surface area (Å²) in [4.78, 5) is 11.9. The fourth-order valence-electron chi connectivity index (χ4n) is 2.54. The molecule has 0 bridgehead atoms. The van der Waals surface area contributed by atoms with Gasteiger partial charge in [0.25, 0.3) is 0 Å². The SMILES string of the molecule is CCOC1CC(CC(=O)NC(CN)CC(C)C)C1. The first-order valence-electron chi connectivity index (χ1n) is 7.16. The number of amides is 1. The molecule has 0 saturated heterocycles. The van der Waals surface area contributed by atoms with Crippen molar-refractivity contribution >= 4 is 5.91 Å². The van der Waals surface area contributed by atoms with E-state index < -0.39 is 0 Å². The highest BCUT2D eigenvalue weighted by Gasteiger charge is 2.31. The van der Waals surface area contributed by atoms with E-state index in [0.717, 1.165) is 25.9 Å². The molecule has 1 aliphatic rings. The summed E-state index contributed by atoms with van der Waals surface area (Å²) in [6, 6.07) is 0.125. The van der Waals surface area contributed by atoms with Crippen LogP contribution in [0.3, 0.4) is 0 Å². The van der Waals surface area contributed by atoms with Crippen LogP contribution in [0.15, 0.2) is 0 Å². The number of ether oxygens (including phenoxy) is 1. The minimum Gasteiger partial charge on any atom is -0.378 e. The van der Waals surface area contributed by atoms with Crippen molar-refractivity contribution in [3.05, 3.63) is 0 Å². The van der Waals surface area contributed by atoms with Crippen LogP contribution in [0.4, 0.5) is 0 Å². The van der Waals surface area contributed by atoms with Crippen LogP contribution in [-0.4, -0.2) is 31.2 Å². The van der Waals surface area contributed by atoms with Gasteiger partial charge in [-0.2, -0.15) is 0 Å². The van der Waals surface area contributed by atoms with Crippen LogP contribution in [0.5, 0.6) is 0 Å². The largest absolute Gasteiger partial charge is 0.378 e. The average Bonchev–Trinajstić information content (AvgIpc) is 2.24. The quantitative estimate of drug-likeness (QED) is 0.694. The van der Waals surface area contributed by atoms with E-state index in [9.17, 15) is 4.79 Å². The van der Waals surface area contributed by atoms with Gasteiger partial charge < -0.3 is 15.8 Å². The third-order valence-corrected chi connectivity index (χ3v) is 3.47. The summed E-state index contributed by atoms with van der Waals surface area (Å²) in [6.45, 7) is 7.60. The zero-order valence-electron chi connectivity index (χ0n) is 11.9. The molecule has 1 rings (SSSR count). The van der Waals surface area contributed by atoms with E-state index >= 15 is 0 Å². The molecule has 0 aromatic rings. The maximum Gasteiger partial charge on any atom is 0.220 e. The number of hydrogen-bond donors (Lipinski definition) is 2. The van der Waals surface area contributed by atoms with Crippen molar-refractivity contribution in [3.8, 4) is 0 Å². The van der Waals surface area contributed by atoms with Gasteiger partial charge in [-0.25, -0.2) is 0 Å². The molecular formula is C14H28N2O2. The fraction of sp³-hybridized carbons (Fsp3) is 0.929. The molecular weight excluding hydrogens is 228 g/mol. The van der Waals surface area contributed by atoms with Crippen molar-refractivity contribution in [2.45, 2.75) is 58.6 Å². The highest BCUT2D eigenvalue weighted by molar-refractivity contribution is 5.76. The van der Waals surface area contributed by atoms with Crippen molar-refractivity contribution in [2.24, 2.45) is 17.6 Å². The van der Waals surface area contributed by atoms with E-state index in [1.807, 2.05) is 6.92 Å². The van der Waals surface area contributed by atoms with Crippen molar-refractivity contribution in [2.75, 3.05) is 13.2 Å². The van der Waals surface area contributed by atoms with Gasteiger partial charge in [-0.1, -0.05) is 13.8 Å². The molecule has 0 aliphatic heterocycles. The van der Waals surface area contributed by atoms with Crippen LogP contribution >= 0.6 is 0 Å². The van der Waals surface area contributed by atoms with Gasteiger partial charge in [-0.05, 0) is 38.0 Å². The third kappa shape index (κ3) is 5.36. The normalized spacial score (nSPS) is 24.7. The summed E-state index contributed by atoms with van der Waals surface area (Å²) in [5.41, 5.74) is 5.67. The van der Waals surface area contributed by atoms with E-state index in [1.165, 1.54) is 0 Å². The third-order valence-electron chi connectivity index (χ3n) is 3.47. The minimum atomic E-state index is 0.125. The second-order valence-corrected chi connectivity index (χ2v) is 5.75. The number of nitrogens with two attached hydrogens (primary N) is 1. The Morgan fingerprint density at radius 1 is 1.44 bits per heavy atom. The minimum absolute atomic E-state index is 0.125. The second-order valence-electron chi connectivity index (χ2n) is 5.75. The Morgan fingerprint density at radius 2 is 2.11 bits per heavy atom. The molecule has 18 heavy (non-hydrogen) atoms. The molecule has 4 heteroatoms. The summed E-state index contributed by atoms with van der Waals surface area (Å²) < 4.78 is 5.49. The molecule has 1 amide bonds. The molecule has 1 saturated carbocycles. The van der Waals surface area contributed by atoms with Crippen LogP contribution in [0.2, 0.25) is 0 Å². The van der Waals surface area contributed by atoms with Crippen molar-refractivity contribution in [1.29, 1.82) is 0 Å². The van der Waals surface area contributed by atoms with Gasteiger partial charge >= 0.3 is 0 Å². The summed E-state index contributed by atoms with van der Waals surface area (Å²) in [5.74, 6) is 1.20. The van der Waals surface area contributed by atoms with Crippen LogP contribution in [0.25, 0.3) is 0 Å².